The minimum atomic E-state index is -0.481. The van der Waals surface area contributed by atoms with E-state index in [1.165, 1.54) is 0 Å². The molecular weight excluding hydrogens is 236 g/mol. The van der Waals surface area contributed by atoms with E-state index in [1.807, 2.05) is 12.2 Å². The largest absolute Gasteiger partial charge is 0.274 e. The highest BCUT2D eigenvalue weighted by atomic mass is 16.6. The second-order valence-electron chi connectivity index (χ2n) is 4.38. The van der Waals surface area contributed by atoms with Gasteiger partial charge >= 0.3 is 0 Å². The van der Waals surface area contributed by atoms with Crippen LogP contribution >= 0.6 is 0 Å². The minimum absolute atomic E-state index is 0.249. The van der Waals surface area contributed by atoms with Gasteiger partial charge in [0.15, 0.2) is 0 Å². The molecule has 1 N–H and O–H groups in total. The molecule has 0 aromatic rings. The molecule has 0 spiro atoms. The van der Waals surface area contributed by atoms with E-state index >= 15 is 0 Å². The molecule has 3 amide bonds. The number of imide groups is 1. The number of allylic oxidation sites excluding steroid dienone is 2. The molecule has 0 bridgehead atoms. The van der Waals surface area contributed by atoms with E-state index < -0.39 is 5.91 Å². The van der Waals surface area contributed by atoms with Gasteiger partial charge in [-0.15, -0.1) is 0 Å². The van der Waals surface area contributed by atoms with Crippen molar-refractivity contribution in [3.05, 3.63) is 12.2 Å². The predicted octanol–water partition coefficient (Wildman–Crippen LogP) is 0.00530. The number of carbonyl (C=O) groups is 3. The van der Waals surface area contributed by atoms with Crippen LogP contribution in [0.15, 0.2) is 12.2 Å². The average Bonchev–Trinajstić information content (AvgIpc) is 2.62. The summed E-state index contributed by atoms with van der Waals surface area (Å²) in [4.78, 5) is 41.2. The van der Waals surface area contributed by atoms with Crippen LogP contribution in [0.2, 0.25) is 0 Å². The molecule has 6 nitrogen and oxygen atoms in total. The van der Waals surface area contributed by atoms with E-state index in [1.54, 1.807) is 6.92 Å². The molecule has 0 radical (unpaired) electrons. The van der Waals surface area contributed by atoms with Crippen molar-refractivity contribution in [1.82, 2.24) is 10.4 Å². The summed E-state index contributed by atoms with van der Waals surface area (Å²) < 4.78 is 0. The molecule has 0 saturated carbocycles. The summed E-state index contributed by atoms with van der Waals surface area (Å²) >= 11 is 0. The standard InChI is InChI=1S/C12H16N2O4/c1-2-18-13-10(15)7-14-11(16)8-5-3-4-6-9(8)12(14)17/h3-4,8-9H,2,5-7H2,1H3,(H,13,15). The van der Waals surface area contributed by atoms with Crippen LogP contribution in [-0.2, 0) is 19.2 Å². The molecular formula is C12H16N2O4. The highest BCUT2D eigenvalue weighted by molar-refractivity contribution is 6.07. The van der Waals surface area contributed by atoms with Gasteiger partial charge in [-0.25, -0.2) is 5.48 Å². The lowest BCUT2D eigenvalue weighted by molar-refractivity contribution is -0.147. The number of hydrogen-bond acceptors (Lipinski definition) is 4. The average molecular weight is 252 g/mol. The van der Waals surface area contributed by atoms with Crippen LogP contribution in [0, 0.1) is 11.8 Å². The van der Waals surface area contributed by atoms with Gasteiger partial charge in [0.25, 0.3) is 5.91 Å². The second kappa shape index (κ2) is 5.30. The maximum atomic E-state index is 12.0. The minimum Gasteiger partial charge on any atom is -0.274 e. The van der Waals surface area contributed by atoms with Gasteiger partial charge in [0.1, 0.15) is 6.54 Å². The number of carbonyl (C=O) groups excluding carboxylic acids is 3. The van der Waals surface area contributed by atoms with Gasteiger partial charge in [0, 0.05) is 0 Å². The molecule has 1 heterocycles. The zero-order chi connectivity index (χ0) is 13.1. The maximum absolute atomic E-state index is 12.0. The van der Waals surface area contributed by atoms with E-state index in [4.69, 9.17) is 4.84 Å². The number of hydroxylamine groups is 1. The van der Waals surface area contributed by atoms with Crippen LogP contribution in [0.25, 0.3) is 0 Å². The Balaban J connectivity index is 2.00. The Morgan fingerprint density at radius 1 is 1.33 bits per heavy atom. The third kappa shape index (κ3) is 2.28. The topological polar surface area (TPSA) is 75.7 Å². The van der Waals surface area contributed by atoms with Crippen LogP contribution < -0.4 is 5.48 Å². The van der Waals surface area contributed by atoms with E-state index in [-0.39, 0.29) is 30.2 Å². The predicted molar refractivity (Wildman–Crippen MR) is 61.8 cm³/mol. The number of rotatable bonds is 4. The van der Waals surface area contributed by atoms with Crippen LogP contribution in [0.4, 0.5) is 0 Å². The van der Waals surface area contributed by atoms with Crippen molar-refractivity contribution in [3.63, 3.8) is 0 Å². The van der Waals surface area contributed by atoms with E-state index in [0.717, 1.165) is 4.90 Å². The van der Waals surface area contributed by atoms with Crippen LogP contribution in [0.1, 0.15) is 19.8 Å². The lowest BCUT2D eigenvalue weighted by Gasteiger charge is -2.14. The summed E-state index contributed by atoms with van der Waals surface area (Å²) in [5.41, 5.74) is 2.18. The number of fused-ring (bicyclic) bond motifs is 1. The van der Waals surface area contributed by atoms with Crippen molar-refractivity contribution in [2.45, 2.75) is 19.8 Å². The van der Waals surface area contributed by atoms with Crippen LogP contribution in [-0.4, -0.2) is 35.8 Å². The maximum Gasteiger partial charge on any atom is 0.263 e. The Hall–Kier alpha value is -1.69. The van der Waals surface area contributed by atoms with Gasteiger partial charge in [0.05, 0.1) is 18.4 Å². The van der Waals surface area contributed by atoms with Gasteiger partial charge in [0.2, 0.25) is 11.8 Å². The SMILES string of the molecule is CCONC(=O)CN1C(=O)C2CC=CCC2C1=O. The van der Waals surface area contributed by atoms with Crippen LogP contribution in [0.3, 0.4) is 0 Å². The first kappa shape index (κ1) is 12.8. The zero-order valence-electron chi connectivity index (χ0n) is 10.2. The van der Waals surface area contributed by atoms with Gasteiger partial charge < -0.3 is 0 Å². The van der Waals surface area contributed by atoms with Crippen LogP contribution in [0.5, 0.6) is 0 Å². The Labute approximate surface area is 105 Å². The first-order chi connectivity index (χ1) is 8.65. The lowest BCUT2D eigenvalue weighted by Crippen LogP contribution is -2.41. The molecule has 98 valence electrons. The molecule has 1 saturated heterocycles. The summed E-state index contributed by atoms with van der Waals surface area (Å²) in [6.07, 6.45) is 4.99. The highest BCUT2D eigenvalue weighted by Crippen LogP contribution is 2.34. The quantitative estimate of drug-likeness (QED) is 0.434. The Kier molecular flexibility index (Phi) is 3.76. The third-order valence-corrected chi connectivity index (χ3v) is 3.23. The molecule has 2 aliphatic rings. The third-order valence-electron chi connectivity index (χ3n) is 3.23. The Morgan fingerprint density at radius 2 is 1.89 bits per heavy atom. The van der Waals surface area contributed by atoms with Crippen molar-refractivity contribution < 1.29 is 19.2 Å². The van der Waals surface area contributed by atoms with Crippen molar-refractivity contribution in [2.24, 2.45) is 11.8 Å². The monoisotopic (exact) mass is 252 g/mol. The molecule has 2 rings (SSSR count). The summed E-state index contributed by atoms with van der Waals surface area (Å²) in [6.45, 7) is 1.81. The summed E-state index contributed by atoms with van der Waals surface area (Å²) in [5.74, 6) is -1.56. The van der Waals surface area contributed by atoms with Crippen molar-refractivity contribution >= 4 is 17.7 Å². The molecule has 0 aromatic carbocycles. The molecule has 1 fully saturated rings. The second-order valence-corrected chi connectivity index (χ2v) is 4.38. The van der Waals surface area contributed by atoms with E-state index in [0.29, 0.717) is 19.4 Å². The lowest BCUT2D eigenvalue weighted by atomic mass is 9.85. The molecule has 1 aliphatic heterocycles. The van der Waals surface area contributed by atoms with Crippen molar-refractivity contribution in [1.29, 1.82) is 0 Å². The first-order valence-electron chi connectivity index (χ1n) is 6.06. The number of likely N-dealkylation sites (tertiary alicyclic amines) is 1. The van der Waals surface area contributed by atoms with E-state index in [2.05, 4.69) is 5.48 Å². The molecule has 2 atom stereocenters. The summed E-state index contributed by atoms with van der Waals surface area (Å²) in [7, 11) is 0. The summed E-state index contributed by atoms with van der Waals surface area (Å²) in [5, 5.41) is 0. The Morgan fingerprint density at radius 3 is 2.39 bits per heavy atom. The molecule has 6 heteroatoms. The van der Waals surface area contributed by atoms with Gasteiger partial charge in [-0.2, -0.15) is 0 Å². The fraction of sp³-hybridized carbons (Fsp3) is 0.583. The molecule has 1 aliphatic carbocycles. The fourth-order valence-electron chi connectivity index (χ4n) is 2.35. The van der Waals surface area contributed by atoms with Crippen molar-refractivity contribution in [3.8, 4) is 0 Å². The van der Waals surface area contributed by atoms with Gasteiger partial charge in [-0.05, 0) is 19.8 Å². The van der Waals surface area contributed by atoms with Gasteiger partial charge in [-0.1, -0.05) is 12.2 Å². The molecule has 0 aromatic heterocycles. The molecule has 2 unspecified atom stereocenters. The first-order valence-corrected chi connectivity index (χ1v) is 6.06. The number of nitrogens with zero attached hydrogens (tertiary/aromatic N) is 1. The summed E-state index contributed by atoms with van der Waals surface area (Å²) in [6, 6.07) is 0. The zero-order valence-corrected chi connectivity index (χ0v) is 10.2. The van der Waals surface area contributed by atoms with Gasteiger partial charge in [-0.3, -0.25) is 24.1 Å². The Bertz CT molecular complexity index is 379. The number of hydrogen-bond donors (Lipinski definition) is 1. The highest BCUT2D eigenvalue weighted by Gasteiger charge is 2.47. The normalized spacial score (nSPS) is 26.4. The van der Waals surface area contributed by atoms with E-state index in [9.17, 15) is 14.4 Å². The number of amides is 3. The smallest absolute Gasteiger partial charge is 0.263 e. The van der Waals surface area contributed by atoms with Crippen molar-refractivity contribution in [2.75, 3.05) is 13.2 Å². The molecule has 18 heavy (non-hydrogen) atoms. The fourth-order valence-corrected chi connectivity index (χ4v) is 2.35. The number of nitrogens with one attached hydrogen (secondary N) is 1.